The number of rotatable bonds is 7. The SMILES string of the molecule is CC(C)Cc1cc(-c2[c-]cccc2)nc[c]1[Ge]([CH3])([CH3])[CH3].CC(C)c1c(-n2c(-c3[c-]ccc4c3oc3ncccc34)nc3ccccc32)c2ccccc2c2ccccc12.[Ir]. The standard InChI is InChI=1S/C35H24N3O.C18H24GeN.Ir/c1-21(2)31-24-13-5-3-11-22(24)23-12-4-6-14-25(23)32(31)38-30-19-8-7-18-29(30)37-34(38)28-16-9-15-26-27-17-10-20-36-35(27)39-33(26)28;1-14(2)11-16-12-18(15-9-7-6-8-10-15)20-13-17(16)19(3,4)5;/h3-15,17-21H,1-2H3;6-9,12-14H,11H2,1-5H3;/q2*-1;. The Kier molecular flexibility index (Phi) is 11.7. The summed E-state index contributed by atoms with van der Waals surface area (Å²) in [6.07, 6.45) is 5.04. The summed E-state index contributed by atoms with van der Waals surface area (Å²) in [5.74, 6) is 9.08. The van der Waals surface area contributed by atoms with Crippen LogP contribution in [0.25, 0.3) is 83.0 Å². The van der Waals surface area contributed by atoms with E-state index >= 15 is 0 Å². The van der Waals surface area contributed by atoms with E-state index in [2.05, 4.69) is 158 Å². The van der Waals surface area contributed by atoms with Crippen LogP contribution in [0.2, 0.25) is 17.3 Å². The molecule has 4 aromatic heterocycles. The van der Waals surface area contributed by atoms with Gasteiger partial charge in [-0.15, -0.1) is 18.2 Å². The third-order valence-corrected chi connectivity index (χ3v) is 15.5. The molecule has 6 aromatic carbocycles. The topological polar surface area (TPSA) is 56.7 Å². The molecule has 0 N–H and O–H groups in total. The summed E-state index contributed by atoms with van der Waals surface area (Å²) in [4.78, 5) is 14.4. The van der Waals surface area contributed by atoms with E-state index in [0.717, 1.165) is 62.1 Å². The maximum atomic E-state index is 6.36. The zero-order valence-corrected chi connectivity index (χ0v) is 39.7. The molecule has 7 heteroatoms. The summed E-state index contributed by atoms with van der Waals surface area (Å²) >= 11 is -1.86. The Morgan fingerprint density at radius 2 is 1.37 bits per heavy atom. The van der Waals surface area contributed by atoms with Crippen molar-refractivity contribution in [2.24, 2.45) is 5.92 Å². The maximum absolute atomic E-state index is 6.36. The number of aromatic nitrogens is 4. The normalized spacial score (nSPS) is 11.8. The fourth-order valence-corrected chi connectivity index (χ4v) is 12.0. The van der Waals surface area contributed by atoms with E-state index in [1.807, 2.05) is 42.5 Å². The number of fused-ring (bicyclic) bond motifs is 7. The van der Waals surface area contributed by atoms with E-state index in [9.17, 15) is 0 Å². The summed E-state index contributed by atoms with van der Waals surface area (Å²) in [6.45, 7) is 9.12. The predicted octanol–water partition coefficient (Wildman–Crippen LogP) is 13.5. The summed E-state index contributed by atoms with van der Waals surface area (Å²) in [5, 5.41) is 6.96. The van der Waals surface area contributed by atoms with Crippen molar-refractivity contribution in [3.8, 4) is 28.3 Å². The smallest absolute Gasteiger partial charge is 0.216 e. The number of furan rings is 1. The van der Waals surface area contributed by atoms with Gasteiger partial charge in [0.25, 0.3) is 0 Å². The predicted molar refractivity (Wildman–Crippen MR) is 250 cm³/mol. The first-order valence-electron chi connectivity index (χ1n) is 20.6. The number of pyridine rings is 2. The maximum Gasteiger partial charge on any atom is 0.216 e. The third-order valence-electron chi connectivity index (χ3n) is 11.2. The first kappa shape index (κ1) is 41.3. The van der Waals surface area contributed by atoms with Crippen molar-refractivity contribution in [2.45, 2.75) is 57.3 Å². The monoisotopic (exact) mass is 1020 g/mol. The zero-order valence-electron chi connectivity index (χ0n) is 35.2. The second-order valence-corrected chi connectivity index (χ2v) is 27.7. The van der Waals surface area contributed by atoms with Crippen molar-refractivity contribution in [3.63, 3.8) is 0 Å². The van der Waals surface area contributed by atoms with Gasteiger partial charge in [-0.05, 0) is 51.9 Å². The minimum atomic E-state index is -1.86. The average molecular weight is 1020 g/mol. The molecule has 0 aliphatic carbocycles. The van der Waals surface area contributed by atoms with Crippen LogP contribution in [0, 0.1) is 18.1 Å². The Bertz CT molecular complexity index is 3140. The van der Waals surface area contributed by atoms with Gasteiger partial charge in [0.1, 0.15) is 0 Å². The van der Waals surface area contributed by atoms with E-state index in [4.69, 9.17) is 14.4 Å². The van der Waals surface area contributed by atoms with Crippen molar-refractivity contribution in [2.75, 3.05) is 0 Å². The molecule has 5 nitrogen and oxygen atoms in total. The minimum Gasteiger partial charge on any atom is -0.486 e. The van der Waals surface area contributed by atoms with Gasteiger partial charge in [-0.1, -0.05) is 85.5 Å². The molecule has 301 valence electrons. The molecule has 0 saturated heterocycles. The Morgan fingerprint density at radius 1 is 0.683 bits per heavy atom. The summed E-state index contributed by atoms with van der Waals surface area (Å²) < 4.78 is 10.2. The number of benzene rings is 6. The third kappa shape index (κ3) is 7.62. The van der Waals surface area contributed by atoms with E-state index in [1.54, 1.807) is 10.6 Å². The van der Waals surface area contributed by atoms with Gasteiger partial charge in [0.05, 0.1) is 28.1 Å². The number of para-hydroxylation sites is 2. The number of nitrogens with zero attached hydrogens (tertiary/aromatic N) is 4. The molecule has 60 heavy (non-hydrogen) atoms. The molecule has 0 bridgehead atoms. The molecular weight excluding hydrogens is 973 g/mol. The molecule has 0 atom stereocenters. The van der Waals surface area contributed by atoms with Crippen LogP contribution >= 0.6 is 0 Å². The van der Waals surface area contributed by atoms with Crippen molar-refractivity contribution in [1.82, 2.24) is 19.5 Å². The molecule has 0 spiro atoms. The van der Waals surface area contributed by atoms with Crippen LogP contribution in [0.5, 0.6) is 0 Å². The molecule has 10 rings (SSSR count). The van der Waals surface area contributed by atoms with E-state index < -0.39 is 13.3 Å². The van der Waals surface area contributed by atoms with Crippen LogP contribution in [-0.2, 0) is 26.5 Å². The van der Waals surface area contributed by atoms with Crippen LogP contribution in [0.3, 0.4) is 0 Å². The Hall–Kier alpha value is -5.40. The molecule has 0 aliphatic heterocycles. The van der Waals surface area contributed by atoms with E-state index in [-0.39, 0.29) is 26.0 Å². The Morgan fingerprint density at radius 3 is 2.08 bits per heavy atom. The molecule has 10 aromatic rings. The van der Waals surface area contributed by atoms with Crippen LogP contribution in [0.15, 0.2) is 144 Å². The quantitative estimate of drug-likeness (QED) is 0.0907. The zero-order chi connectivity index (χ0) is 40.8. The fourth-order valence-electron chi connectivity index (χ4n) is 8.62. The number of hydrogen-bond acceptors (Lipinski definition) is 4. The molecule has 0 saturated carbocycles. The number of imidazole rings is 1. The van der Waals surface area contributed by atoms with Crippen LogP contribution in [-0.4, -0.2) is 32.8 Å². The van der Waals surface area contributed by atoms with E-state index in [0.29, 0.717) is 11.6 Å². The average Bonchev–Trinajstić information content (AvgIpc) is 3.82. The van der Waals surface area contributed by atoms with Crippen molar-refractivity contribution < 1.29 is 24.5 Å². The summed E-state index contributed by atoms with van der Waals surface area (Å²) in [7, 11) is 0. The van der Waals surface area contributed by atoms with Gasteiger partial charge < -0.3 is 8.98 Å². The molecule has 0 amide bonds. The molecular formula is C53H48GeIrN4O-2. The van der Waals surface area contributed by atoms with Gasteiger partial charge in [-0.2, -0.15) is 0 Å². The van der Waals surface area contributed by atoms with Crippen LogP contribution in [0.4, 0.5) is 0 Å². The second-order valence-electron chi connectivity index (χ2n) is 17.2. The van der Waals surface area contributed by atoms with Gasteiger partial charge in [0, 0.05) is 37.1 Å². The second kappa shape index (κ2) is 16.9. The Balaban J connectivity index is 0.000000202. The minimum absolute atomic E-state index is 0. The van der Waals surface area contributed by atoms with Crippen molar-refractivity contribution in [3.05, 3.63) is 163 Å². The van der Waals surface area contributed by atoms with Gasteiger partial charge in [0.15, 0.2) is 0 Å². The van der Waals surface area contributed by atoms with Crippen LogP contribution < -0.4 is 4.40 Å². The van der Waals surface area contributed by atoms with Gasteiger partial charge in [0.2, 0.25) is 5.71 Å². The molecule has 0 aliphatic rings. The first-order chi connectivity index (χ1) is 28.6. The summed E-state index contributed by atoms with van der Waals surface area (Å²) in [6, 6.07) is 50.9. The van der Waals surface area contributed by atoms with Gasteiger partial charge >= 0.3 is 126 Å². The molecule has 0 fully saturated rings. The fraction of sp³-hybridized carbons (Fsp3) is 0.189. The van der Waals surface area contributed by atoms with Crippen molar-refractivity contribution >= 4 is 72.3 Å². The van der Waals surface area contributed by atoms with E-state index in [1.165, 1.54) is 32.7 Å². The van der Waals surface area contributed by atoms with Crippen LogP contribution in [0.1, 0.15) is 44.7 Å². The first-order valence-corrected chi connectivity index (χ1v) is 28.0. The Labute approximate surface area is 368 Å². The molecule has 4 heterocycles. The summed E-state index contributed by atoms with van der Waals surface area (Å²) in [5.41, 5.74) is 10.3. The molecule has 1 radical (unpaired) electrons. The number of hydrogen-bond donors (Lipinski definition) is 0. The van der Waals surface area contributed by atoms with Crippen molar-refractivity contribution in [1.29, 1.82) is 0 Å². The van der Waals surface area contributed by atoms with Gasteiger partial charge in [-0.3, -0.25) is 4.98 Å². The largest absolute Gasteiger partial charge is 0.486 e. The van der Waals surface area contributed by atoms with Gasteiger partial charge in [-0.25, -0.2) is 4.98 Å². The molecule has 0 unspecified atom stereocenters.